The Labute approximate surface area is 194 Å². The molecule has 3 aromatic rings. The van der Waals surface area contributed by atoms with Crippen LogP contribution < -0.4 is 0 Å². The van der Waals surface area contributed by atoms with Gasteiger partial charge in [0.1, 0.15) is 5.60 Å². The lowest BCUT2D eigenvalue weighted by Crippen LogP contribution is -2.41. The smallest absolute Gasteiger partial charge is 0.410 e. The first-order valence-electron chi connectivity index (χ1n) is 10.8. The average Bonchev–Trinajstić information content (AvgIpc) is 3.34. The molecule has 0 spiro atoms. The maximum atomic E-state index is 12.3. The number of ether oxygens (including phenoxy) is 2. The summed E-state index contributed by atoms with van der Waals surface area (Å²) in [4.78, 5) is 18.7. The molecule has 10 heteroatoms. The molecule has 2 aliphatic heterocycles. The Morgan fingerprint density at radius 1 is 1.22 bits per heavy atom. The molecule has 2 aliphatic rings. The molecular weight excluding hydrogens is 478 g/mol. The number of halogens is 1. The topological polar surface area (TPSA) is 95.5 Å². The van der Waals surface area contributed by atoms with Crippen LogP contribution in [-0.4, -0.2) is 62.8 Å². The van der Waals surface area contributed by atoms with Crippen molar-refractivity contribution in [3.05, 3.63) is 28.6 Å². The summed E-state index contributed by atoms with van der Waals surface area (Å²) in [6.45, 7) is 8.20. The number of nitrogens with zero attached hydrogens (tertiary/aromatic N) is 5. The highest BCUT2D eigenvalue weighted by Crippen LogP contribution is 2.34. The Morgan fingerprint density at radius 2 is 1.97 bits per heavy atom. The lowest BCUT2D eigenvalue weighted by molar-refractivity contribution is -0.0266. The van der Waals surface area contributed by atoms with Crippen LogP contribution in [0.25, 0.3) is 22.4 Å². The van der Waals surface area contributed by atoms with E-state index in [-0.39, 0.29) is 18.1 Å². The monoisotopic (exact) mass is 503 g/mol. The Bertz CT molecular complexity index is 1140. The first-order chi connectivity index (χ1) is 15.3. The van der Waals surface area contributed by atoms with Crippen LogP contribution in [0.2, 0.25) is 0 Å². The summed E-state index contributed by atoms with van der Waals surface area (Å²) < 4.78 is 19.4. The number of carbonyl (C=O) groups is 1. The molecule has 4 heterocycles. The molecule has 170 valence electrons. The van der Waals surface area contributed by atoms with E-state index in [4.69, 9.17) is 14.0 Å². The van der Waals surface area contributed by atoms with Crippen molar-refractivity contribution in [2.45, 2.75) is 51.2 Å². The van der Waals surface area contributed by atoms with Gasteiger partial charge in [-0.2, -0.15) is 10.1 Å². The fourth-order valence-corrected chi connectivity index (χ4v) is 4.60. The van der Waals surface area contributed by atoms with Gasteiger partial charge in [0.05, 0.1) is 31.0 Å². The third-order valence-electron chi connectivity index (χ3n) is 5.83. The normalized spacial score (nSPS) is 18.2. The fourth-order valence-electron chi connectivity index (χ4n) is 4.05. The number of piperidine rings is 1. The van der Waals surface area contributed by atoms with E-state index in [9.17, 15) is 4.79 Å². The molecular formula is C22H26BrN5O4. The first kappa shape index (κ1) is 21.4. The SMILES string of the molecule is CC(C)(C)OC(=O)N1CCC(c2noc(-c3cc(Br)c4cnn(C5COC5)c4c3)n2)CC1. The molecule has 32 heavy (non-hydrogen) atoms. The standard InChI is InChI=1S/C22H26BrN5O4/c1-22(2,3)31-21(29)27-6-4-13(5-7-27)19-25-20(32-26-19)14-8-17(23)16-10-24-28(18(16)9-14)15-11-30-12-15/h8-10,13,15H,4-7,11-12H2,1-3H3. The third-order valence-corrected chi connectivity index (χ3v) is 6.49. The molecule has 1 aromatic carbocycles. The van der Waals surface area contributed by atoms with Gasteiger partial charge >= 0.3 is 6.09 Å². The molecule has 2 fully saturated rings. The molecule has 5 rings (SSSR count). The largest absolute Gasteiger partial charge is 0.444 e. The fraction of sp³-hybridized carbons (Fsp3) is 0.545. The summed E-state index contributed by atoms with van der Waals surface area (Å²) in [7, 11) is 0. The Morgan fingerprint density at radius 3 is 2.62 bits per heavy atom. The number of fused-ring (bicyclic) bond motifs is 1. The van der Waals surface area contributed by atoms with Crippen molar-refractivity contribution in [1.29, 1.82) is 0 Å². The zero-order chi connectivity index (χ0) is 22.5. The number of amides is 1. The number of likely N-dealkylation sites (tertiary alicyclic amines) is 1. The summed E-state index contributed by atoms with van der Waals surface area (Å²) in [5, 5.41) is 9.82. The molecule has 0 saturated carbocycles. The zero-order valence-electron chi connectivity index (χ0n) is 18.4. The third kappa shape index (κ3) is 4.13. The predicted octanol–water partition coefficient (Wildman–Crippen LogP) is 4.53. The average molecular weight is 504 g/mol. The summed E-state index contributed by atoms with van der Waals surface area (Å²) in [5.74, 6) is 1.31. The second kappa shape index (κ2) is 8.15. The highest BCUT2D eigenvalue weighted by Gasteiger charge is 2.30. The van der Waals surface area contributed by atoms with E-state index in [1.54, 1.807) is 4.90 Å². The van der Waals surface area contributed by atoms with Crippen LogP contribution in [0.4, 0.5) is 4.79 Å². The zero-order valence-corrected chi connectivity index (χ0v) is 20.0. The van der Waals surface area contributed by atoms with Crippen LogP contribution in [0.5, 0.6) is 0 Å². The van der Waals surface area contributed by atoms with Gasteiger partial charge < -0.3 is 18.9 Å². The second-order valence-electron chi connectivity index (χ2n) is 9.37. The van der Waals surface area contributed by atoms with Crippen LogP contribution in [0.15, 0.2) is 27.3 Å². The quantitative estimate of drug-likeness (QED) is 0.517. The summed E-state index contributed by atoms with van der Waals surface area (Å²) >= 11 is 3.65. The molecule has 0 atom stereocenters. The van der Waals surface area contributed by atoms with E-state index in [2.05, 4.69) is 31.2 Å². The lowest BCUT2D eigenvalue weighted by Gasteiger charge is -2.32. The van der Waals surface area contributed by atoms with Gasteiger partial charge in [0, 0.05) is 34.4 Å². The van der Waals surface area contributed by atoms with E-state index in [0.717, 1.165) is 33.8 Å². The highest BCUT2D eigenvalue weighted by atomic mass is 79.9. The van der Waals surface area contributed by atoms with Crippen molar-refractivity contribution in [3.63, 3.8) is 0 Å². The van der Waals surface area contributed by atoms with Crippen LogP contribution in [0.1, 0.15) is 51.4 Å². The molecule has 9 nitrogen and oxygen atoms in total. The number of rotatable bonds is 3. The van der Waals surface area contributed by atoms with E-state index in [0.29, 0.717) is 38.0 Å². The molecule has 0 N–H and O–H groups in total. The number of benzene rings is 1. The van der Waals surface area contributed by atoms with Crippen molar-refractivity contribution in [3.8, 4) is 11.5 Å². The number of hydrogen-bond donors (Lipinski definition) is 0. The van der Waals surface area contributed by atoms with Crippen molar-refractivity contribution >= 4 is 32.9 Å². The number of aromatic nitrogens is 4. The van der Waals surface area contributed by atoms with Gasteiger partial charge in [0.15, 0.2) is 5.82 Å². The number of carbonyl (C=O) groups excluding carboxylic acids is 1. The van der Waals surface area contributed by atoms with E-state index in [1.165, 1.54) is 0 Å². The van der Waals surface area contributed by atoms with E-state index < -0.39 is 5.60 Å². The van der Waals surface area contributed by atoms with Crippen molar-refractivity contribution in [1.82, 2.24) is 24.8 Å². The molecule has 1 amide bonds. The minimum absolute atomic E-state index is 0.149. The molecule has 0 unspecified atom stereocenters. The number of hydrogen-bond acceptors (Lipinski definition) is 7. The van der Waals surface area contributed by atoms with Gasteiger partial charge in [0.2, 0.25) is 0 Å². The van der Waals surface area contributed by atoms with Gasteiger partial charge in [-0.1, -0.05) is 21.1 Å². The minimum Gasteiger partial charge on any atom is -0.444 e. The summed E-state index contributed by atoms with van der Waals surface area (Å²) in [6.07, 6.45) is 3.14. The predicted molar refractivity (Wildman–Crippen MR) is 120 cm³/mol. The lowest BCUT2D eigenvalue weighted by atomic mass is 9.96. The summed E-state index contributed by atoms with van der Waals surface area (Å²) in [5.41, 5.74) is 1.36. The van der Waals surface area contributed by atoms with Gasteiger partial charge in [-0.05, 0) is 45.7 Å². The minimum atomic E-state index is -0.493. The molecule has 2 saturated heterocycles. The molecule has 0 radical (unpaired) electrons. The summed E-state index contributed by atoms with van der Waals surface area (Å²) in [6, 6.07) is 4.27. The van der Waals surface area contributed by atoms with E-state index >= 15 is 0 Å². The van der Waals surface area contributed by atoms with Crippen LogP contribution >= 0.6 is 15.9 Å². The molecule has 2 aromatic heterocycles. The van der Waals surface area contributed by atoms with E-state index in [1.807, 2.05) is 43.8 Å². The van der Waals surface area contributed by atoms with Crippen molar-refractivity contribution in [2.24, 2.45) is 0 Å². The maximum Gasteiger partial charge on any atom is 0.410 e. The molecule has 0 bridgehead atoms. The Kier molecular flexibility index (Phi) is 5.45. The Balaban J connectivity index is 1.31. The van der Waals surface area contributed by atoms with Crippen LogP contribution in [0, 0.1) is 0 Å². The van der Waals surface area contributed by atoms with Crippen LogP contribution in [0.3, 0.4) is 0 Å². The van der Waals surface area contributed by atoms with Gasteiger partial charge in [-0.25, -0.2) is 4.79 Å². The van der Waals surface area contributed by atoms with Gasteiger partial charge in [-0.15, -0.1) is 0 Å². The van der Waals surface area contributed by atoms with Crippen molar-refractivity contribution < 1.29 is 18.8 Å². The molecule has 0 aliphatic carbocycles. The highest BCUT2D eigenvalue weighted by molar-refractivity contribution is 9.10. The Hall–Kier alpha value is -2.46. The van der Waals surface area contributed by atoms with Gasteiger partial charge in [0.25, 0.3) is 5.89 Å². The van der Waals surface area contributed by atoms with Crippen LogP contribution in [-0.2, 0) is 9.47 Å². The van der Waals surface area contributed by atoms with Crippen molar-refractivity contribution in [2.75, 3.05) is 26.3 Å². The van der Waals surface area contributed by atoms with Gasteiger partial charge in [-0.3, -0.25) is 4.68 Å². The first-order valence-corrected chi connectivity index (χ1v) is 11.6. The second-order valence-corrected chi connectivity index (χ2v) is 10.2. The maximum absolute atomic E-state index is 12.3.